The smallest absolute Gasteiger partial charge is 0.318 e. The molecule has 29 heavy (non-hydrogen) atoms. The maximum Gasteiger partial charge on any atom is 0.318 e. The van der Waals surface area contributed by atoms with Crippen molar-refractivity contribution >= 4 is 28.5 Å². The molecule has 0 radical (unpaired) electrons. The van der Waals surface area contributed by atoms with Crippen LogP contribution in [0.25, 0.3) is 10.8 Å². The lowest BCUT2D eigenvalue weighted by molar-refractivity contribution is -0.139. The largest absolute Gasteiger partial charge is 0.468 e. The molecule has 1 aromatic heterocycles. The number of thioether (sulfide) groups is 1. The molecule has 1 heterocycles. The first-order valence-electron chi connectivity index (χ1n) is 10.3. The number of fused-ring (bicyclic) bond motifs is 1. The minimum atomic E-state index is -0.308. The summed E-state index contributed by atoms with van der Waals surface area (Å²) in [5, 5.41) is 12.1. The molecule has 1 fully saturated rings. The highest BCUT2D eigenvalue weighted by Gasteiger charge is 2.26. The first-order chi connectivity index (χ1) is 14.2. The van der Waals surface area contributed by atoms with E-state index in [1.807, 2.05) is 6.92 Å². The Labute approximate surface area is 175 Å². The standard InChI is InChI=1S/C23H27N3O2S/c1-16(22(27)28-2)29-23-25-24-21(26(23)19-12-4-3-5-13-19)15-18-11-8-10-17-9-6-7-14-20(17)18/h6-11,14,16,19H,3-5,12-13,15H2,1-2H3/t16-/m1/s1. The predicted octanol–water partition coefficient (Wildman–Crippen LogP) is 5.18. The number of carbonyl (C=O) groups is 1. The van der Waals surface area contributed by atoms with E-state index in [0.717, 1.165) is 30.2 Å². The Balaban J connectivity index is 1.69. The van der Waals surface area contributed by atoms with Gasteiger partial charge in [-0.3, -0.25) is 4.79 Å². The van der Waals surface area contributed by atoms with Crippen molar-refractivity contribution in [1.82, 2.24) is 14.8 Å². The summed E-state index contributed by atoms with van der Waals surface area (Å²) in [7, 11) is 1.43. The van der Waals surface area contributed by atoms with Crippen molar-refractivity contribution in [1.29, 1.82) is 0 Å². The van der Waals surface area contributed by atoms with Crippen molar-refractivity contribution in [3.05, 3.63) is 53.9 Å². The highest BCUT2D eigenvalue weighted by molar-refractivity contribution is 8.00. The fourth-order valence-electron chi connectivity index (χ4n) is 4.20. The molecule has 6 heteroatoms. The fourth-order valence-corrected chi connectivity index (χ4v) is 5.17. The van der Waals surface area contributed by atoms with Gasteiger partial charge in [0, 0.05) is 12.5 Å². The molecule has 0 N–H and O–H groups in total. The fraction of sp³-hybridized carbons (Fsp3) is 0.435. The maximum absolute atomic E-state index is 11.9. The van der Waals surface area contributed by atoms with Crippen LogP contribution in [0.5, 0.6) is 0 Å². The molecule has 152 valence electrons. The second kappa shape index (κ2) is 8.99. The van der Waals surface area contributed by atoms with E-state index in [1.165, 1.54) is 54.5 Å². The first-order valence-corrected chi connectivity index (χ1v) is 11.2. The second-order valence-electron chi connectivity index (χ2n) is 7.66. The van der Waals surface area contributed by atoms with E-state index in [-0.39, 0.29) is 11.2 Å². The maximum atomic E-state index is 11.9. The van der Waals surface area contributed by atoms with Crippen molar-refractivity contribution in [2.75, 3.05) is 7.11 Å². The molecular weight excluding hydrogens is 382 g/mol. The Morgan fingerprint density at radius 1 is 1.14 bits per heavy atom. The molecule has 4 rings (SSSR count). The van der Waals surface area contributed by atoms with Crippen molar-refractivity contribution in [3.8, 4) is 0 Å². The summed E-state index contributed by atoms with van der Waals surface area (Å²) >= 11 is 1.45. The molecule has 1 saturated carbocycles. The van der Waals surface area contributed by atoms with Gasteiger partial charge in [0.25, 0.3) is 0 Å². The normalized spacial score (nSPS) is 16.1. The Morgan fingerprint density at radius 2 is 1.90 bits per heavy atom. The van der Waals surface area contributed by atoms with Gasteiger partial charge < -0.3 is 9.30 Å². The van der Waals surface area contributed by atoms with Crippen LogP contribution in [0, 0.1) is 0 Å². The summed E-state index contributed by atoms with van der Waals surface area (Å²) in [6, 6.07) is 15.3. The van der Waals surface area contributed by atoms with Crippen molar-refractivity contribution < 1.29 is 9.53 Å². The molecule has 0 aliphatic heterocycles. The summed E-state index contributed by atoms with van der Waals surface area (Å²) in [4.78, 5) is 11.9. The number of hydrogen-bond donors (Lipinski definition) is 0. The van der Waals surface area contributed by atoms with Crippen LogP contribution >= 0.6 is 11.8 Å². The third-order valence-corrected chi connectivity index (χ3v) is 6.75. The van der Waals surface area contributed by atoms with E-state index in [0.29, 0.717) is 6.04 Å². The molecule has 0 unspecified atom stereocenters. The number of rotatable bonds is 6. The number of carbonyl (C=O) groups excluding carboxylic acids is 1. The van der Waals surface area contributed by atoms with Gasteiger partial charge in [-0.15, -0.1) is 10.2 Å². The Hall–Kier alpha value is -2.34. The summed E-state index contributed by atoms with van der Waals surface area (Å²) in [6.45, 7) is 1.86. The van der Waals surface area contributed by atoms with Gasteiger partial charge in [-0.2, -0.15) is 0 Å². The summed E-state index contributed by atoms with van der Waals surface area (Å²) < 4.78 is 7.20. The Kier molecular flexibility index (Phi) is 6.19. The second-order valence-corrected chi connectivity index (χ2v) is 8.97. The van der Waals surface area contributed by atoms with E-state index in [2.05, 4.69) is 57.2 Å². The molecule has 1 aliphatic carbocycles. The van der Waals surface area contributed by atoms with Crippen molar-refractivity contribution in [2.45, 2.75) is 61.9 Å². The van der Waals surface area contributed by atoms with E-state index < -0.39 is 0 Å². The number of benzene rings is 2. The lowest BCUT2D eigenvalue weighted by Crippen LogP contribution is -2.19. The molecule has 0 spiro atoms. The van der Waals surface area contributed by atoms with Crippen LogP contribution in [-0.4, -0.2) is 33.1 Å². The van der Waals surface area contributed by atoms with Gasteiger partial charge in [-0.25, -0.2) is 0 Å². The van der Waals surface area contributed by atoms with E-state index in [9.17, 15) is 4.79 Å². The minimum absolute atomic E-state index is 0.233. The van der Waals surface area contributed by atoms with Gasteiger partial charge in [0.2, 0.25) is 0 Å². The third-order valence-electron chi connectivity index (χ3n) is 5.72. The summed E-state index contributed by atoms with van der Waals surface area (Å²) in [5.41, 5.74) is 1.25. The highest BCUT2D eigenvalue weighted by Crippen LogP contribution is 2.35. The van der Waals surface area contributed by atoms with Gasteiger partial charge in [-0.05, 0) is 36.1 Å². The zero-order valence-electron chi connectivity index (χ0n) is 17.0. The SMILES string of the molecule is COC(=O)[C@@H](C)Sc1nnc(Cc2cccc3ccccc23)n1C1CCCCC1. The molecule has 2 aromatic carbocycles. The van der Waals surface area contributed by atoms with Gasteiger partial charge in [-0.1, -0.05) is 73.5 Å². The Bertz CT molecular complexity index is 989. The molecule has 3 aromatic rings. The Morgan fingerprint density at radius 3 is 2.69 bits per heavy atom. The van der Waals surface area contributed by atoms with E-state index in [4.69, 9.17) is 4.74 Å². The van der Waals surface area contributed by atoms with E-state index in [1.54, 1.807) is 0 Å². The van der Waals surface area contributed by atoms with Crippen LogP contribution in [0.4, 0.5) is 0 Å². The number of hydrogen-bond acceptors (Lipinski definition) is 5. The minimum Gasteiger partial charge on any atom is -0.468 e. The molecule has 0 amide bonds. The molecule has 5 nitrogen and oxygen atoms in total. The first kappa shape index (κ1) is 20.0. The molecule has 1 aliphatic rings. The monoisotopic (exact) mass is 409 g/mol. The van der Waals surface area contributed by atoms with Gasteiger partial charge in [0.15, 0.2) is 5.16 Å². The number of nitrogens with zero attached hydrogens (tertiary/aromatic N) is 3. The summed E-state index contributed by atoms with van der Waals surface area (Å²) in [5.74, 6) is 0.747. The number of aromatic nitrogens is 3. The molecule has 0 bridgehead atoms. The molecular formula is C23H27N3O2S. The zero-order valence-corrected chi connectivity index (χ0v) is 17.8. The average Bonchev–Trinajstić information content (AvgIpc) is 3.15. The van der Waals surface area contributed by atoms with Crippen LogP contribution in [0.1, 0.15) is 56.5 Å². The predicted molar refractivity (Wildman–Crippen MR) is 116 cm³/mol. The average molecular weight is 410 g/mol. The van der Waals surface area contributed by atoms with E-state index >= 15 is 0 Å². The number of esters is 1. The molecule has 1 atom stereocenters. The van der Waals surface area contributed by atoms with Crippen LogP contribution in [0.3, 0.4) is 0 Å². The lowest BCUT2D eigenvalue weighted by Gasteiger charge is -2.26. The highest BCUT2D eigenvalue weighted by atomic mass is 32.2. The number of methoxy groups -OCH3 is 1. The topological polar surface area (TPSA) is 57.0 Å². The number of ether oxygens (including phenoxy) is 1. The van der Waals surface area contributed by atoms with Gasteiger partial charge in [0.1, 0.15) is 11.1 Å². The summed E-state index contributed by atoms with van der Waals surface area (Å²) in [6.07, 6.45) is 6.76. The zero-order chi connectivity index (χ0) is 20.2. The van der Waals surface area contributed by atoms with Crippen molar-refractivity contribution in [3.63, 3.8) is 0 Å². The van der Waals surface area contributed by atoms with Gasteiger partial charge >= 0.3 is 5.97 Å². The van der Waals surface area contributed by atoms with Crippen LogP contribution in [-0.2, 0) is 16.0 Å². The van der Waals surface area contributed by atoms with Crippen LogP contribution < -0.4 is 0 Å². The lowest BCUT2D eigenvalue weighted by atomic mass is 9.95. The van der Waals surface area contributed by atoms with Crippen LogP contribution in [0.15, 0.2) is 47.6 Å². The van der Waals surface area contributed by atoms with Gasteiger partial charge in [0.05, 0.1) is 7.11 Å². The van der Waals surface area contributed by atoms with Crippen LogP contribution in [0.2, 0.25) is 0 Å². The third kappa shape index (κ3) is 4.32. The van der Waals surface area contributed by atoms with Crippen molar-refractivity contribution in [2.24, 2.45) is 0 Å². The molecule has 0 saturated heterocycles. The quantitative estimate of drug-likeness (QED) is 0.415.